The van der Waals surface area contributed by atoms with Gasteiger partial charge in [-0.25, -0.2) is 0 Å². The average molecular weight is 306 g/mol. The molecule has 0 saturated carbocycles. The van der Waals surface area contributed by atoms with Crippen molar-refractivity contribution in [1.29, 1.82) is 0 Å². The number of halogens is 2. The van der Waals surface area contributed by atoms with Gasteiger partial charge < -0.3 is 4.90 Å². The van der Waals surface area contributed by atoms with E-state index in [0.29, 0.717) is 21.3 Å². The van der Waals surface area contributed by atoms with Crippen molar-refractivity contribution in [3.63, 3.8) is 0 Å². The molecule has 0 unspecified atom stereocenters. The molecule has 3 rings (SSSR count). The maximum absolute atomic E-state index is 12.1. The van der Waals surface area contributed by atoms with Crippen LogP contribution < -0.4 is 4.90 Å². The summed E-state index contributed by atoms with van der Waals surface area (Å²) < 4.78 is 0. The summed E-state index contributed by atoms with van der Waals surface area (Å²) in [6.07, 6.45) is 0. The number of hydrogen-bond donors (Lipinski definition) is 0. The minimum absolute atomic E-state index is 0.263. The Kier molecular flexibility index (Phi) is 3.24. The molecule has 0 aromatic heterocycles. The molecule has 0 N–H and O–H groups in total. The lowest BCUT2D eigenvalue weighted by Gasteiger charge is -2.17. The van der Waals surface area contributed by atoms with Crippen molar-refractivity contribution < 1.29 is 9.59 Å². The SMILES string of the molecule is O=C1C(=O)N(Cc2ccccc2Cl)c2ccc(Cl)cc21. The third-order valence-corrected chi connectivity index (χ3v) is 3.82. The summed E-state index contributed by atoms with van der Waals surface area (Å²) in [4.78, 5) is 25.5. The summed E-state index contributed by atoms with van der Waals surface area (Å²) in [6.45, 7) is 0.263. The van der Waals surface area contributed by atoms with E-state index in [2.05, 4.69) is 0 Å². The van der Waals surface area contributed by atoms with E-state index in [0.717, 1.165) is 5.56 Å². The van der Waals surface area contributed by atoms with Crippen molar-refractivity contribution in [3.05, 3.63) is 63.6 Å². The first-order valence-electron chi connectivity index (χ1n) is 5.97. The lowest BCUT2D eigenvalue weighted by molar-refractivity contribution is -0.114. The van der Waals surface area contributed by atoms with Gasteiger partial charge >= 0.3 is 0 Å². The summed E-state index contributed by atoms with van der Waals surface area (Å²) in [5, 5.41) is 1.000. The van der Waals surface area contributed by atoms with Crippen LogP contribution in [0.15, 0.2) is 42.5 Å². The molecule has 2 aromatic rings. The van der Waals surface area contributed by atoms with Gasteiger partial charge in [-0.1, -0.05) is 41.4 Å². The Bertz CT molecular complexity index is 728. The Balaban J connectivity index is 2.02. The maximum atomic E-state index is 12.1. The number of anilines is 1. The summed E-state index contributed by atoms with van der Waals surface area (Å²) in [5.74, 6) is -1.09. The predicted molar refractivity (Wildman–Crippen MR) is 78.4 cm³/mol. The van der Waals surface area contributed by atoms with Gasteiger partial charge in [0.25, 0.3) is 11.7 Å². The van der Waals surface area contributed by atoms with Crippen molar-refractivity contribution in [1.82, 2.24) is 0 Å². The number of ketones is 1. The van der Waals surface area contributed by atoms with E-state index in [-0.39, 0.29) is 6.54 Å². The van der Waals surface area contributed by atoms with Crippen molar-refractivity contribution in [2.24, 2.45) is 0 Å². The third-order valence-electron chi connectivity index (χ3n) is 3.22. The maximum Gasteiger partial charge on any atom is 0.299 e. The van der Waals surface area contributed by atoms with Crippen molar-refractivity contribution in [2.75, 3.05) is 4.90 Å². The Morgan fingerprint density at radius 1 is 1.00 bits per heavy atom. The number of carbonyl (C=O) groups excluding carboxylic acids is 2. The van der Waals surface area contributed by atoms with E-state index in [9.17, 15) is 9.59 Å². The van der Waals surface area contributed by atoms with Gasteiger partial charge in [0.05, 0.1) is 17.8 Å². The summed E-state index contributed by atoms with van der Waals surface area (Å²) in [6, 6.07) is 12.1. The van der Waals surface area contributed by atoms with Crippen molar-refractivity contribution >= 4 is 40.6 Å². The van der Waals surface area contributed by atoms with Crippen LogP contribution in [0.4, 0.5) is 5.69 Å². The number of amides is 1. The molecule has 3 nitrogen and oxygen atoms in total. The number of rotatable bonds is 2. The molecule has 2 aromatic carbocycles. The van der Waals surface area contributed by atoms with Gasteiger partial charge in [0, 0.05) is 10.0 Å². The zero-order valence-corrected chi connectivity index (χ0v) is 11.8. The van der Waals surface area contributed by atoms with E-state index in [1.54, 1.807) is 18.2 Å². The minimum Gasteiger partial charge on any atom is -0.300 e. The van der Waals surface area contributed by atoms with Gasteiger partial charge in [0.15, 0.2) is 0 Å². The average Bonchev–Trinajstić information content (AvgIpc) is 2.66. The van der Waals surface area contributed by atoms with Crippen LogP contribution in [-0.4, -0.2) is 11.7 Å². The summed E-state index contributed by atoms with van der Waals surface area (Å²) >= 11 is 12.0. The van der Waals surface area contributed by atoms with Crippen molar-refractivity contribution in [2.45, 2.75) is 6.54 Å². The highest BCUT2D eigenvalue weighted by Gasteiger charge is 2.35. The van der Waals surface area contributed by atoms with Crippen LogP contribution in [0.5, 0.6) is 0 Å². The standard InChI is InChI=1S/C15H9Cl2NO2/c16-10-5-6-13-11(7-10)14(19)15(20)18(13)8-9-3-1-2-4-12(9)17/h1-7H,8H2. The molecule has 0 saturated heterocycles. The number of fused-ring (bicyclic) bond motifs is 1. The number of Topliss-reactive ketones (excluding diaryl/α,β-unsaturated/α-hetero) is 1. The van der Waals surface area contributed by atoms with Gasteiger partial charge in [-0.3, -0.25) is 9.59 Å². The van der Waals surface area contributed by atoms with Crippen LogP contribution >= 0.6 is 23.2 Å². The fourth-order valence-electron chi connectivity index (χ4n) is 2.23. The smallest absolute Gasteiger partial charge is 0.299 e. The molecule has 20 heavy (non-hydrogen) atoms. The van der Waals surface area contributed by atoms with Crippen LogP contribution in [0, 0.1) is 0 Å². The molecule has 5 heteroatoms. The van der Waals surface area contributed by atoms with Gasteiger partial charge in [-0.2, -0.15) is 0 Å². The Morgan fingerprint density at radius 3 is 2.50 bits per heavy atom. The summed E-state index contributed by atoms with van der Waals surface area (Å²) in [7, 11) is 0. The Hall–Kier alpha value is -1.84. The van der Waals surface area contributed by atoms with Crippen LogP contribution in [0.3, 0.4) is 0 Å². The summed E-state index contributed by atoms with van der Waals surface area (Å²) in [5.41, 5.74) is 1.71. The zero-order valence-electron chi connectivity index (χ0n) is 10.3. The highest BCUT2D eigenvalue weighted by Crippen LogP contribution is 2.33. The van der Waals surface area contributed by atoms with Crippen LogP contribution in [0.1, 0.15) is 15.9 Å². The Morgan fingerprint density at radius 2 is 1.75 bits per heavy atom. The van der Waals surface area contributed by atoms with E-state index in [1.165, 1.54) is 11.0 Å². The molecule has 0 radical (unpaired) electrons. The molecule has 0 atom stereocenters. The number of nitrogens with zero attached hydrogens (tertiary/aromatic N) is 1. The monoisotopic (exact) mass is 305 g/mol. The highest BCUT2D eigenvalue weighted by atomic mass is 35.5. The largest absolute Gasteiger partial charge is 0.300 e. The molecule has 0 bridgehead atoms. The number of hydrogen-bond acceptors (Lipinski definition) is 2. The molecule has 100 valence electrons. The first-order valence-corrected chi connectivity index (χ1v) is 6.72. The predicted octanol–water partition coefficient (Wildman–Crippen LogP) is 3.72. The van der Waals surface area contributed by atoms with Gasteiger partial charge in [-0.15, -0.1) is 0 Å². The van der Waals surface area contributed by atoms with E-state index in [4.69, 9.17) is 23.2 Å². The Labute approximate surface area is 125 Å². The third kappa shape index (κ3) is 2.09. The van der Waals surface area contributed by atoms with E-state index in [1.807, 2.05) is 18.2 Å². The minimum atomic E-state index is -0.554. The van der Waals surface area contributed by atoms with Gasteiger partial charge in [-0.05, 0) is 29.8 Å². The van der Waals surface area contributed by atoms with E-state index >= 15 is 0 Å². The lowest BCUT2D eigenvalue weighted by atomic mass is 10.1. The topological polar surface area (TPSA) is 37.4 Å². The highest BCUT2D eigenvalue weighted by molar-refractivity contribution is 6.52. The lowest BCUT2D eigenvalue weighted by Crippen LogP contribution is -2.29. The molecule has 0 fully saturated rings. The van der Waals surface area contributed by atoms with Crippen molar-refractivity contribution in [3.8, 4) is 0 Å². The van der Waals surface area contributed by atoms with Gasteiger partial charge in [0.2, 0.25) is 0 Å². The fraction of sp³-hybridized carbons (Fsp3) is 0.0667. The second-order valence-electron chi connectivity index (χ2n) is 4.47. The molecule has 1 aliphatic heterocycles. The molecule has 1 aliphatic rings. The first-order chi connectivity index (χ1) is 9.58. The molecule has 0 spiro atoms. The van der Waals surface area contributed by atoms with Gasteiger partial charge in [0.1, 0.15) is 0 Å². The molecular weight excluding hydrogens is 297 g/mol. The first kappa shape index (κ1) is 13.2. The second-order valence-corrected chi connectivity index (χ2v) is 5.32. The zero-order chi connectivity index (χ0) is 14.3. The normalized spacial score (nSPS) is 13.8. The van der Waals surface area contributed by atoms with E-state index < -0.39 is 11.7 Å². The quantitative estimate of drug-likeness (QED) is 0.793. The molecule has 1 heterocycles. The molecular formula is C15H9Cl2NO2. The van der Waals surface area contributed by atoms with Crippen LogP contribution in [-0.2, 0) is 11.3 Å². The second kappa shape index (κ2) is 4.93. The number of benzene rings is 2. The van der Waals surface area contributed by atoms with Crippen LogP contribution in [0.2, 0.25) is 10.0 Å². The fourth-order valence-corrected chi connectivity index (χ4v) is 2.59. The van der Waals surface area contributed by atoms with Crippen LogP contribution in [0.25, 0.3) is 0 Å². The number of carbonyl (C=O) groups is 2. The molecule has 1 amide bonds. The molecule has 0 aliphatic carbocycles.